The van der Waals surface area contributed by atoms with Gasteiger partial charge < -0.3 is 21.8 Å². The molecule has 5 rings (SSSR count). The van der Waals surface area contributed by atoms with Gasteiger partial charge in [0.25, 0.3) is 0 Å². The topological polar surface area (TPSA) is 24.3 Å². The Bertz CT molecular complexity index is 891. The summed E-state index contributed by atoms with van der Waals surface area (Å²) >= 11 is 0. The molecule has 3 aromatic rings. The summed E-state index contributed by atoms with van der Waals surface area (Å²) in [5.41, 5.74) is 5.46. The molecule has 0 fully saturated rings. The minimum atomic E-state index is 0. The maximum atomic E-state index is 4.31. The first-order valence-electron chi connectivity index (χ1n) is 7.15. The Balaban J connectivity index is 0.000000751. The van der Waals surface area contributed by atoms with Crippen LogP contribution in [0.1, 0.15) is 5.69 Å². The van der Waals surface area contributed by atoms with Crippen LogP contribution in [0, 0.1) is 20.2 Å². The Labute approximate surface area is 186 Å². The standard InChI is InChI=1S/C18H12N4.CH3.Ir.Y/c1-2-6-14(7-3-1)20-11-18-17-10-19-12-21(17)15-8-4-5-9-16(15)22(18)13-20;;;/h1-8,10-13H;1H3;;/q-2;-1;+3;. The molecule has 123 valence electrons. The van der Waals surface area contributed by atoms with Crippen LogP contribution in [0.2, 0.25) is 0 Å². The van der Waals surface area contributed by atoms with Crippen LogP contribution in [-0.2, 0) is 52.8 Å². The maximum Gasteiger partial charge on any atom is 3.00 e. The SMILES string of the molecule is [CH3-].[Ir+3].[Y].[c-]1cccc2c1N1[CH-]N(c3ccccc3)C=C1c1cncn1-2. The minimum Gasteiger partial charge on any atom is -0.491 e. The fourth-order valence-corrected chi connectivity index (χ4v) is 3.01. The number of hydrogen-bond donors (Lipinski definition) is 0. The van der Waals surface area contributed by atoms with E-state index in [1.54, 1.807) is 0 Å². The van der Waals surface area contributed by atoms with Gasteiger partial charge in [-0.15, -0.1) is 12.7 Å². The van der Waals surface area contributed by atoms with E-state index in [0.717, 1.165) is 28.5 Å². The van der Waals surface area contributed by atoms with Crippen molar-refractivity contribution >= 4 is 17.1 Å². The van der Waals surface area contributed by atoms with Gasteiger partial charge in [0.2, 0.25) is 0 Å². The molecule has 6 heteroatoms. The first kappa shape index (κ1) is 20.1. The van der Waals surface area contributed by atoms with E-state index in [2.05, 4.69) is 56.5 Å². The van der Waals surface area contributed by atoms with Gasteiger partial charge in [-0.3, -0.25) is 0 Å². The molecule has 0 aliphatic carbocycles. The smallest absolute Gasteiger partial charge is 0.491 e. The minimum absolute atomic E-state index is 0. The monoisotopic (exact) mass is 581 g/mol. The van der Waals surface area contributed by atoms with Gasteiger partial charge in [-0.05, 0) is 24.0 Å². The molecule has 3 heterocycles. The molecule has 0 unspecified atom stereocenters. The van der Waals surface area contributed by atoms with Crippen LogP contribution in [0.5, 0.6) is 0 Å². The van der Waals surface area contributed by atoms with E-state index < -0.39 is 0 Å². The van der Waals surface area contributed by atoms with Crippen molar-refractivity contribution in [2.75, 3.05) is 9.80 Å². The molecule has 2 aliphatic rings. The summed E-state index contributed by atoms with van der Waals surface area (Å²) in [5, 5.41) is 0. The Morgan fingerprint density at radius 2 is 1.84 bits per heavy atom. The quantitative estimate of drug-likeness (QED) is 0.409. The summed E-state index contributed by atoms with van der Waals surface area (Å²) in [6.45, 7) is 2.09. The van der Waals surface area contributed by atoms with Crippen molar-refractivity contribution in [3.63, 3.8) is 0 Å². The Morgan fingerprint density at radius 3 is 2.64 bits per heavy atom. The Hall–Kier alpha value is -1.26. The van der Waals surface area contributed by atoms with Crippen LogP contribution >= 0.6 is 0 Å². The van der Waals surface area contributed by atoms with E-state index in [-0.39, 0.29) is 60.2 Å². The molecular formula is C19H15IrN4Y. The zero-order chi connectivity index (χ0) is 14.5. The van der Waals surface area contributed by atoms with Gasteiger partial charge in [-0.1, -0.05) is 23.9 Å². The number of nitrogens with zero attached hydrogens (tertiary/aromatic N) is 4. The molecule has 2 aromatic carbocycles. The Kier molecular flexibility index (Phi) is 6.39. The van der Waals surface area contributed by atoms with Gasteiger partial charge in [-0.25, -0.2) is 4.98 Å². The normalized spacial score (nSPS) is 13.4. The summed E-state index contributed by atoms with van der Waals surface area (Å²) in [4.78, 5) is 8.60. The van der Waals surface area contributed by atoms with Crippen molar-refractivity contribution in [1.29, 1.82) is 0 Å². The molecule has 25 heavy (non-hydrogen) atoms. The van der Waals surface area contributed by atoms with Gasteiger partial charge >= 0.3 is 20.1 Å². The number of benzene rings is 2. The van der Waals surface area contributed by atoms with Gasteiger partial charge in [0, 0.05) is 38.4 Å². The van der Waals surface area contributed by atoms with Gasteiger partial charge in [0.1, 0.15) is 0 Å². The predicted octanol–water partition coefficient (Wildman–Crippen LogP) is 3.88. The third kappa shape index (κ3) is 3.15. The zero-order valence-electron chi connectivity index (χ0n) is 13.6. The number of fused-ring (bicyclic) bond motifs is 6. The summed E-state index contributed by atoms with van der Waals surface area (Å²) in [5.74, 6) is 0. The molecule has 2 aliphatic heterocycles. The summed E-state index contributed by atoms with van der Waals surface area (Å²) in [6.07, 6.45) is 5.88. The largest absolute Gasteiger partial charge is 3.00 e. The molecule has 4 nitrogen and oxygen atoms in total. The molecule has 0 saturated heterocycles. The van der Waals surface area contributed by atoms with E-state index in [9.17, 15) is 0 Å². The third-order valence-corrected chi connectivity index (χ3v) is 4.03. The molecule has 0 amide bonds. The molecule has 0 atom stereocenters. The van der Waals surface area contributed by atoms with Crippen LogP contribution in [0.3, 0.4) is 0 Å². The average molecular weight is 580 g/mol. The van der Waals surface area contributed by atoms with Crippen molar-refractivity contribution in [2.24, 2.45) is 0 Å². The van der Waals surface area contributed by atoms with Crippen LogP contribution in [0.4, 0.5) is 11.4 Å². The molecule has 0 N–H and O–H groups in total. The second-order valence-corrected chi connectivity index (χ2v) is 5.30. The Morgan fingerprint density at radius 1 is 1.04 bits per heavy atom. The van der Waals surface area contributed by atoms with Crippen LogP contribution in [-0.4, -0.2) is 9.55 Å². The van der Waals surface area contributed by atoms with E-state index in [4.69, 9.17) is 0 Å². The fourth-order valence-electron chi connectivity index (χ4n) is 3.01. The number of para-hydroxylation sites is 2. The zero-order valence-corrected chi connectivity index (χ0v) is 18.9. The van der Waals surface area contributed by atoms with Crippen molar-refractivity contribution in [1.82, 2.24) is 9.55 Å². The molecule has 1 aromatic heterocycles. The second kappa shape index (κ2) is 7.96. The van der Waals surface area contributed by atoms with E-state index >= 15 is 0 Å². The number of imidazole rings is 1. The van der Waals surface area contributed by atoms with Crippen LogP contribution < -0.4 is 9.80 Å². The van der Waals surface area contributed by atoms with Crippen molar-refractivity contribution in [3.8, 4) is 5.69 Å². The second-order valence-electron chi connectivity index (χ2n) is 5.30. The first-order valence-corrected chi connectivity index (χ1v) is 7.15. The van der Waals surface area contributed by atoms with Gasteiger partial charge in [0.05, 0.1) is 23.9 Å². The number of hydrogen-bond acceptors (Lipinski definition) is 3. The van der Waals surface area contributed by atoms with Crippen molar-refractivity contribution in [3.05, 3.63) is 93.1 Å². The molecule has 0 saturated carbocycles. The summed E-state index contributed by atoms with van der Waals surface area (Å²) in [6, 6.07) is 19.7. The van der Waals surface area contributed by atoms with E-state index in [1.165, 1.54) is 0 Å². The molecule has 0 spiro atoms. The summed E-state index contributed by atoms with van der Waals surface area (Å²) in [7, 11) is 0. The molecular weight excluding hydrogens is 565 g/mol. The molecule has 1 radical (unpaired) electrons. The summed E-state index contributed by atoms with van der Waals surface area (Å²) < 4.78 is 2.11. The van der Waals surface area contributed by atoms with E-state index in [0.29, 0.717) is 0 Å². The van der Waals surface area contributed by atoms with E-state index in [1.807, 2.05) is 42.9 Å². The predicted molar refractivity (Wildman–Crippen MR) is 92.5 cm³/mol. The van der Waals surface area contributed by atoms with Crippen molar-refractivity contribution in [2.45, 2.75) is 0 Å². The maximum absolute atomic E-state index is 4.31. The number of anilines is 2. The average Bonchev–Trinajstić information content (AvgIpc) is 3.23. The number of aromatic nitrogens is 2. The third-order valence-electron chi connectivity index (χ3n) is 4.03. The van der Waals surface area contributed by atoms with Gasteiger partial charge in [0.15, 0.2) is 0 Å². The van der Waals surface area contributed by atoms with Crippen LogP contribution in [0.25, 0.3) is 11.4 Å². The molecule has 0 bridgehead atoms. The number of rotatable bonds is 1. The fraction of sp³-hybridized carbons (Fsp3) is 0. The van der Waals surface area contributed by atoms with Crippen LogP contribution in [0.15, 0.2) is 67.3 Å². The van der Waals surface area contributed by atoms with Gasteiger partial charge in [-0.2, -0.15) is 18.2 Å². The van der Waals surface area contributed by atoms with Crippen molar-refractivity contribution < 1.29 is 52.8 Å². The first-order chi connectivity index (χ1) is 10.9.